The molecular weight excluding hydrogens is 508 g/mol. The second kappa shape index (κ2) is 12.3. The van der Waals surface area contributed by atoms with Gasteiger partial charge in [-0.25, -0.2) is 9.97 Å². The molecule has 0 aliphatic heterocycles. The first kappa shape index (κ1) is 24.6. The molecule has 0 radical (unpaired) electrons. The van der Waals surface area contributed by atoms with Crippen molar-refractivity contribution in [3.63, 3.8) is 0 Å². The first-order chi connectivity index (χ1) is 15.5. The highest BCUT2D eigenvalue weighted by molar-refractivity contribution is 9.10. The third-order valence-corrected chi connectivity index (χ3v) is 6.79. The Balaban J connectivity index is 1.70. The molecule has 3 N–H and O–H groups in total. The van der Waals surface area contributed by atoms with E-state index < -0.39 is 0 Å². The van der Waals surface area contributed by atoms with E-state index in [1.165, 1.54) is 17.7 Å². The van der Waals surface area contributed by atoms with Gasteiger partial charge in [0.25, 0.3) is 0 Å². The summed E-state index contributed by atoms with van der Waals surface area (Å²) < 4.78 is 6.23. The third kappa shape index (κ3) is 6.49. The van der Waals surface area contributed by atoms with Crippen LogP contribution in [0.15, 0.2) is 59.3 Å². The number of nitrogens with one attached hydrogen (secondary N) is 1. The van der Waals surface area contributed by atoms with Gasteiger partial charge in [-0.05, 0) is 52.6 Å². The fourth-order valence-corrected chi connectivity index (χ4v) is 4.71. The molecule has 6 nitrogen and oxygen atoms in total. The van der Waals surface area contributed by atoms with Crippen molar-refractivity contribution >= 4 is 56.7 Å². The van der Waals surface area contributed by atoms with Gasteiger partial charge in [0, 0.05) is 17.2 Å². The molecule has 32 heavy (non-hydrogen) atoms. The summed E-state index contributed by atoms with van der Waals surface area (Å²) in [6.07, 6.45) is 4.87. The number of hydrogen-bond donors (Lipinski definition) is 2. The lowest BCUT2D eigenvalue weighted by molar-refractivity contribution is 0.104. The van der Waals surface area contributed by atoms with E-state index in [4.69, 9.17) is 9.32 Å². The quantitative estimate of drug-likeness (QED) is 0.169. The Morgan fingerprint density at radius 3 is 2.97 bits per heavy atom. The van der Waals surface area contributed by atoms with Crippen molar-refractivity contribution in [1.29, 1.82) is 0 Å². The molecule has 1 aromatic carbocycles. The third-order valence-electron chi connectivity index (χ3n) is 5.10. The van der Waals surface area contributed by atoms with Crippen molar-refractivity contribution in [3.05, 3.63) is 80.9 Å². The Kier molecular flexibility index (Phi) is 9.43. The van der Waals surface area contributed by atoms with Crippen LogP contribution in [0.25, 0.3) is 5.57 Å². The van der Waals surface area contributed by atoms with Gasteiger partial charge in [0.2, 0.25) is 5.78 Å². The number of halogens is 1. The smallest absolute Gasteiger partial charge is 0.208 e. The molecule has 0 spiro atoms. The maximum atomic E-state index is 13.2. The number of nitrogens with two attached hydrogens (primary N) is 1. The minimum atomic E-state index is -0.110. The van der Waals surface area contributed by atoms with Gasteiger partial charge in [0.05, 0.1) is 29.3 Å². The minimum absolute atomic E-state index is 0.110. The maximum absolute atomic E-state index is 13.2. The fraction of sp³-hybridized carbons (Fsp3) is 0.261. The lowest BCUT2D eigenvalue weighted by Gasteiger charge is -2.15. The number of hydrogen-bond acceptors (Lipinski definition) is 8. The van der Waals surface area contributed by atoms with E-state index in [2.05, 4.69) is 44.7 Å². The van der Waals surface area contributed by atoms with Crippen molar-refractivity contribution in [3.8, 4) is 0 Å². The SMILES string of the molecule is C=C(c1cccc(Br)c1)c1csc(C(=O)c2cncnc2NCCC(CC)COSN)c1. The zero-order chi connectivity index (χ0) is 22.9. The highest BCUT2D eigenvalue weighted by Crippen LogP contribution is 2.29. The topological polar surface area (TPSA) is 90.1 Å². The zero-order valence-electron chi connectivity index (χ0n) is 17.7. The van der Waals surface area contributed by atoms with Crippen LogP contribution in [0.5, 0.6) is 0 Å². The van der Waals surface area contributed by atoms with Crippen LogP contribution in [-0.2, 0) is 4.18 Å². The molecule has 0 amide bonds. The largest absolute Gasteiger partial charge is 0.369 e. The molecule has 2 heterocycles. The van der Waals surface area contributed by atoms with E-state index in [1.807, 2.05) is 35.7 Å². The first-order valence-electron chi connectivity index (χ1n) is 10.1. The average Bonchev–Trinajstić information content (AvgIpc) is 3.31. The van der Waals surface area contributed by atoms with Crippen LogP contribution in [0.4, 0.5) is 5.82 Å². The van der Waals surface area contributed by atoms with E-state index in [0.717, 1.165) is 46.2 Å². The molecule has 168 valence electrons. The number of carbonyl (C=O) groups excluding carboxylic acids is 1. The molecule has 3 rings (SSSR count). The Labute approximate surface area is 205 Å². The number of nitrogens with zero attached hydrogens (tertiary/aromatic N) is 2. The summed E-state index contributed by atoms with van der Waals surface area (Å²) in [5, 5.41) is 10.6. The number of aromatic nitrogens is 2. The van der Waals surface area contributed by atoms with Crippen LogP contribution in [-0.4, -0.2) is 28.9 Å². The van der Waals surface area contributed by atoms with Gasteiger partial charge in [0.1, 0.15) is 12.1 Å². The molecule has 0 bridgehead atoms. The number of anilines is 1. The van der Waals surface area contributed by atoms with Crippen LogP contribution in [0.2, 0.25) is 0 Å². The van der Waals surface area contributed by atoms with Gasteiger partial charge in [-0.15, -0.1) is 11.3 Å². The molecule has 9 heteroatoms. The Morgan fingerprint density at radius 1 is 1.38 bits per heavy atom. The van der Waals surface area contributed by atoms with Crippen molar-refractivity contribution in [2.75, 3.05) is 18.5 Å². The molecule has 0 aliphatic carbocycles. The summed E-state index contributed by atoms with van der Waals surface area (Å²) in [5.41, 5.74) is 3.25. The normalized spacial score (nSPS) is 11.8. The summed E-state index contributed by atoms with van der Waals surface area (Å²) in [6, 6.07) is 9.82. The van der Waals surface area contributed by atoms with E-state index in [-0.39, 0.29) is 5.78 Å². The van der Waals surface area contributed by atoms with Crippen molar-refractivity contribution < 1.29 is 8.98 Å². The molecule has 0 saturated heterocycles. The molecule has 0 fully saturated rings. The highest BCUT2D eigenvalue weighted by atomic mass is 79.9. The predicted molar refractivity (Wildman–Crippen MR) is 137 cm³/mol. The van der Waals surface area contributed by atoms with Gasteiger partial charge in [-0.2, -0.15) is 0 Å². The molecule has 0 aliphatic rings. The van der Waals surface area contributed by atoms with Crippen molar-refractivity contribution in [1.82, 2.24) is 9.97 Å². The summed E-state index contributed by atoms with van der Waals surface area (Å²) in [4.78, 5) is 22.2. The first-order valence-corrected chi connectivity index (χ1v) is 12.6. The standard InChI is InChI=1S/C23H25BrN4O2S2/c1-3-16(12-30-32-25)7-8-27-23-20(11-26-14-28-23)22(29)21-10-18(13-31-21)15(2)17-5-4-6-19(24)9-17/h4-6,9-11,13-14,16H,2-3,7-8,12,25H2,1H3,(H,26,27,28). The lowest BCUT2D eigenvalue weighted by atomic mass is 10.0. The number of thiophene rings is 1. The van der Waals surface area contributed by atoms with Gasteiger partial charge in [-0.1, -0.05) is 48.0 Å². The summed E-state index contributed by atoms with van der Waals surface area (Å²) >= 11 is 5.77. The second-order valence-corrected chi connectivity index (χ2v) is 9.43. The average molecular weight is 534 g/mol. The molecule has 2 aromatic heterocycles. The fourth-order valence-electron chi connectivity index (χ4n) is 3.16. The predicted octanol–water partition coefficient (Wildman–Crippen LogP) is 5.96. The monoisotopic (exact) mass is 532 g/mol. The van der Waals surface area contributed by atoms with Gasteiger partial charge in [0.15, 0.2) is 0 Å². The summed E-state index contributed by atoms with van der Waals surface area (Å²) in [6.45, 7) is 7.58. The minimum Gasteiger partial charge on any atom is -0.369 e. The van der Waals surface area contributed by atoms with Crippen LogP contribution < -0.4 is 10.5 Å². The van der Waals surface area contributed by atoms with Crippen molar-refractivity contribution in [2.45, 2.75) is 19.8 Å². The molecule has 1 atom stereocenters. The Hall–Kier alpha value is -2.04. The molecule has 3 aromatic rings. The Bertz CT molecular complexity index is 1070. The molecule has 0 saturated carbocycles. The zero-order valence-corrected chi connectivity index (χ0v) is 20.9. The van der Waals surface area contributed by atoms with Gasteiger partial charge in [-0.3, -0.25) is 9.93 Å². The maximum Gasteiger partial charge on any atom is 0.208 e. The summed E-state index contributed by atoms with van der Waals surface area (Å²) in [7, 11) is 0. The van der Waals surface area contributed by atoms with Crippen LogP contribution in [0.1, 0.15) is 46.1 Å². The number of ketones is 1. The van der Waals surface area contributed by atoms with E-state index >= 15 is 0 Å². The van der Waals surface area contributed by atoms with E-state index in [9.17, 15) is 4.79 Å². The van der Waals surface area contributed by atoms with Crippen LogP contribution >= 0.6 is 39.5 Å². The number of benzene rings is 1. The van der Waals surface area contributed by atoms with Crippen molar-refractivity contribution in [2.24, 2.45) is 11.1 Å². The second-order valence-electron chi connectivity index (χ2n) is 7.17. The number of rotatable bonds is 12. The van der Waals surface area contributed by atoms with E-state index in [0.29, 0.717) is 35.3 Å². The molecular formula is C23H25BrN4O2S2. The van der Waals surface area contributed by atoms with Crippen LogP contribution in [0.3, 0.4) is 0 Å². The van der Waals surface area contributed by atoms with Gasteiger partial charge >= 0.3 is 0 Å². The number of carbonyl (C=O) groups is 1. The van der Waals surface area contributed by atoms with Crippen LogP contribution in [0, 0.1) is 5.92 Å². The summed E-state index contributed by atoms with van der Waals surface area (Å²) in [5.74, 6) is 0.805. The highest BCUT2D eigenvalue weighted by Gasteiger charge is 2.18. The van der Waals surface area contributed by atoms with E-state index in [1.54, 1.807) is 6.20 Å². The Morgan fingerprint density at radius 2 is 2.22 bits per heavy atom. The van der Waals surface area contributed by atoms with Gasteiger partial charge < -0.3 is 9.50 Å². The molecule has 1 unspecified atom stereocenters. The lowest BCUT2D eigenvalue weighted by Crippen LogP contribution is -2.15.